The predicted octanol–water partition coefficient (Wildman–Crippen LogP) is 5.16. The van der Waals surface area contributed by atoms with Crippen molar-refractivity contribution in [2.24, 2.45) is 0 Å². The van der Waals surface area contributed by atoms with E-state index in [2.05, 4.69) is 4.98 Å². The normalized spacial score (nSPS) is 13.1. The third kappa shape index (κ3) is 2.86. The van der Waals surface area contributed by atoms with Gasteiger partial charge in [-0.25, -0.2) is 9.88 Å². The number of hydrogen-bond donors (Lipinski definition) is 0. The molecule has 4 aromatic carbocycles. The summed E-state index contributed by atoms with van der Waals surface area (Å²) in [6.45, 7) is 0. The Morgan fingerprint density at radius 2 is 1.14 bits per heavy atom. The minimum absolute atomic E-state index is 0.0733. The van der Waals surface area contributed by atoms with Crippen LogP contribution in [-0.4, -0.2) is 26.6 Å². The highest BCUT2D eigenvalue weighted by Gasteiger charge is 2.38. The van der Waals surface area contributed by atoms with E-state index >= 15 is 0 Å². The summed E-state index contributed by atoms with van der Waals surface area (Å²) < 4.78 is 0. The number of nitro groups is 2. The molecule has 35 heavy (non-hydrogen) atoms. The Bertz CT molecular complexity index is 1690. The van der Waals surface area contributed by atoms with E-state index in [0.717, 1.165) is 29.2 Å². The number of fused-ring (bicyclic) bond motifs is 2. The minimum atomic E-state index is -0.758. The Hall–Kier alpha value is -5.25. The summed E-state index contributed by atoms with van der Waals surface area (Å²) in [5.74, 6) is -1.52. The van der Waals surface area contributed by atoms with E-state index in [1.165, 1.54) is 0 Å². The lowest BCUT2D eigenvalue weighted by Gasteiger charge is -2.28. The van der Waals surface area contributed by atoms with Crippen LogP contribution >= 0.6 is 0 Å². The van der Waals surface area contributed by atoms with Crippen molar-refractivity contribution in [3.8, 4) is 0 Å². The van der Waals surface area contributed by atoms with Gasteiger partial charge in [0, 0.05) is 40.4 Å². The number of carbonyl (C=O) groups excluding carboxylic acids is 2. The maximum Gasteiger partial charge on any atom is 0.270 e. The van der Waals surface area contributed by atoms with E-state index in [1.54, 1.807) is 48.5 Å². The molecule has 10 heteroatoms. The molecule has 0 saturated heterocycles. The lowest BCUT2D eigenvalue weighted by Crippen LogP contribution is -2.40. The molecular weight excluding hydrogens is 452 g/mol. The lowest BCUT2D eigenvalue weighted by atomic mass is 9.91. The van der Waals surface area contributed by atoms with Crippen molar-refractivity contribution in [2.75, 3.05) is 4.90 Å². The minimum Gasteiger partial charge on any atom is -0.268 e. The second-order valence-corrected chi connectivity index (χ2v) is 8.04. The lowest BCUT2D eigenvalue weighted by molar-refractivity contribution is -0.385. The predicted molar refractivity (Wildman–Crippen MR) is 128 cm³/mol. The number of amides is 2. The molecule has 0 atom stereocenters. The molecule has 168 valence electrons. The quantitative estimate of drug-likeness (QED) is 0.156. The number of aromatic nitrogens is 1. The van der Waals surface area contributed by atoms with Gasteiger partial charge in [-0.1, -0.05) is 36.4 Å². The van der Waals surface area contributed by atoms with Crippen molar-refractivity contribution in [1.82, 2.24) is 4.98 Å². The molecule has 1 aromatic heterocycles. The summed E-state index contributed by atoms with van der Waals surface area (Å²) in [5.41, 5.74) is 0.356. The molecule has 0 bridgehead atoms. The van der Waals surface area contributed by atoms with Gasteiger partial charge < -0.3 is 0 Å². The van der Waals surface area contributed by atoms with Gasteiger partial charge in [-0.05, 0) is 17.5 Å². The summed E-state index contributed by atoms with van der Waals surface area (Å²) >= 11 is 0. The summed E-state index contributed by atoms with van der Waals surface area (Å²) in [4.78, 5) is 55.0. The Balaban J connectivity index is 1.74. The first-order chi connectivity index (χ1) is 16.8. The van der Waals surface area contributed by atoms with Crippen LogP contribution in [0.5, 0.6) is 0 Å². The number of para-hydroxylation sites is 2. The molecule has 6 rings (SSSR count). The number of carbonyl (C=O) groups is 2. The second kappa shape index (κ2) is 7.12. The van der Waals surface area contributed by atoms with Crippen molar-refractivity contribution in [2.45, 2.75) is 0 Å². The number of nitro benzene ring substituents is 2. The SMILES string of the molecule is O=C1c2cc([N+](=O)[O-])cc3cc([N+](=O)[O-])cc(c23)C(=O)N1c1c2ccccc2nc2ccccc12. The number of rotatable bonds is 3. The first-order valence-electron chi connectivity index (χ1n) is 10.4. The average Bonchev–Trinajstić information content (AvgIpc) is 2.86. The topological polar surface area (TPSA) is 137 Å². The zero-order valence-electron chi connectivity index (χ0n) is 17.7. The molecule has 0 saturated carbocycles. The molecule has 5 aromatic rings. The molecule has 0 radical (unpaired) electrons. The molecule has 0 fully saturated rings. The zero-order valence-corrected chi connectivity index (χ0v) is 17.7. The van der Waals surface area contributed by atoms with Crippen LogP contribution in [-0.2, 0) is 0 Å². The first-order valence-corrected chi connectivity index (χ1v) is 10.4. The summed E-state index contributed by atoms with van der Waals surface area (Å²) in [7, 11) is 0. The zero-order chi connectivity index (χ0) is 24.4. The van der Waals surface area contributed by atoms with Gasteiger partial charge in [0.25, 0.3) is 23.2 Å². The van der Waals surface area contributed by atoms with E-state index < -0.39 is 33.0 Å². The van der Waals surface area contributed by atoms with Crippen molar-refractivity contribution in [3.63, 3.8) is 0 Å². The summed E-state index contributed by atoms with van der Waals surface area (Å²) in [6, 6.07) is 18.4. The van der Waals surface area contributed by atoms with Crippen molar-refractivity contribution < 1.29 is 19.4 Å². The number of imide groups is 1. The van der Waals surface area contributed by atoms with Gasteiger partial charge in [0.2, 0.25) is 0 Å². The van der Waals surface area contributed by atoms with Gasteiger partial charge in [-0.15, -0.1) is 0 Å². The maximum absolute atomic E-state index is 13.8. The molecule has 0 N–H and O–H groups in total. The molecule has 0 aliphatic carbocycles. The summed E-state index contributed by atoms with van der Waals surface area (Å²) in [5, 5.41) is 24.4. The number of benzene rings is 4. The van der Waals surface area contributed by atoms with E-state index in [1.807, 2.05) is 0 Å². The van der Waals surface area contributed by atoms with E-state index in [-0.39, 0.29) is 27.6 Å². The number of nitrogens with zero attached hydrogens (tertiary/aromatic N) is 4. The highest BCUT2D eigenvalue weighted by molar-refractivity contribution is 6.39. The fourth-order valence-corrected chi connectivity index (χ4v) is 4.63. The Kier molecular flexibility index (Phi) is 4.14. The largest absolute Gasteiger partial charge is 0.270 e. The highest BCUT2D eigenvalue weighted by atomic mass is 16.6. The number of non-ortho nitro benzene ring substituents is 2. The Morgan fingerprint density at radius 3 is 1.60 bits per heavy atom. The van der Waals surface area contributed by atoms with Crippen LogP contribution in [0.2, 0.25) is 0 Å². The van der Waals surface area contributed by atoms with Crippen molar-refractivity contribution in [3.05, 3.63) is 104 Å². The number of hydrogen-bond acceptors (Lipinski definition) is 7. The molecule has 1 aliphatic heterocycles. The fraction of sp³-hybridized carbons (Fsp3) is 0. The van der Waals surface area contributed by atoms with Gasteiger partial charge in [0.1, 0.15) is 0 Å². The molecule has 10 nitrogen and oxygen atoms in total. The third-order valence-corrected chi connectivity index (χ3v) is 6.09. The van der Waals surface area contributed by atoms with Gasteiger partial charge in [0.15, 0.2) is 0 Å². The standard InChI is InChI=1S/C25H12N4O6/c30-24-18-11-14(28(32)33)9-13-10-15(29(34)35)12-19(22(13)18)25(31)27(24)23-16-5-1-3-7-20(16)26-21-8-4-2-6-17(21)23/h1-12H. The summed E-state index contributed by atoms with van der Waals surface area (Å²) in [6.07, 6.45) is 0. The molecule has 0 unspecified atom stereocenters. The van der Waals surface area contributed by atoms with Crippen LogP contribution in [0.4, 0.5) is 17.1 Å². The highest BCUT2D eigenvalue weighted by Crippen LogP contribution is 2.41. The number of anilines is 1. The monoisotopic (exact) mass is 464 g/mol. The molecule has 1 aliphatic rings. The van der Waals surface area contributed by atoms with E-state index in [9.17, 15) is 29.8 Å². The molecule has 2 amide bonds. The van der Waals surface area contributed by atoms with Gasteiger partial charge in [-0.2, -0.15) is 0 Å². The van der Waals surface area contributed by atoms with Crippen LogP contribution in [0.25, 0.3) is 32.6 Å². The van der Waals surface area contributed by atoms with Gasteiger partial charge >= 0.3 is 0 Å². The molecular formula is C25H12N4O6. The Labute approximate surface area is 195 Å². The van der Waals surface area contributed by atoms with E-state index in [0.29, 0.717) is 21.8 Å². The van der Waals surface area contributed by atoms with Crippen LogP contribution in [0.3, 0.4) is 0 Å². The average molecular weight is 464 g/mol. The number of pyridine rings is 1. The fourth-order valence-electron chi connectivity index (χ4n) is 4.63. The van der Waals surface area contributed by atoms with Crippen LogP contribution < -0.4 is 4.90 Å². The van der Waals surface area contributed by atoms with Crippen molar-refractivity contribution in [1.29, 1.82) is 0 Å². The first kappa shape index (κ1) is 20.4. The van der Waals surface area contributed by atoms with Crippen LogP contribution in [0.15, 0.2) is 72.8 Å². The third-order valence-electron chi connectivity index (χ3n) is 6.09. The molecule has 0 spiro atoms. The van der Waals surface area contributed by atoms with Crippen LogP contribution in [0.1, 0.15) is 20.7 Å². The molecule has 2 heterocycles. The Morgan fingerprint density at radius 1 is 0.686 bits per heavy atom. The van der Waals surface area contributed by atoms with E-state index in [4.69, 9.17) is 0 Å². The smallest absolute Gasteiger partial charge is 0.268 e. The van der Waals surface area contributed by atoms with Gasteiger partial charge in [-0.3, -0.25) is 29.8 Å². The maximum atomic E-state index is 13.8. The second-order valence-electron chi connectivity index (χ2n) is 8.04. The van der Waals surface area contributed by atoms with Crippen molar-refractivity contribution >= 4 is 61.5 Å². The van der Waals surface area contributed by atoms with Crippen LogP contribution in [0, 0.1) is 20.2 Å². The van der Waals surface area contributed by atoms with Gasteiger partial charge in [0.05, 0.1) is 37.7 Å².